The van der Waals surface area contributed by atoms with E-state index in [0.29, 0.717) is 31.5 Å². The molecule has 0 aromatic heterocycles. The van der Waals surface area contributed by atoms with Gasteiger partial charge in [0.1, 0.15) is 57.1 Å². The molecule has 2 rings (SSSR count). The minimum absolute atomic E-state index is 0.00675. The minimum atomic E-state index is -1.46. The third kappa shape index (κ3) is 27.2. The second kappa shape index (κ2) is 36.3. The van der Waals surface area contributed by atoms with E-state index in [9.17, 15) is 33.9 Å². The van der Waals surface area contributed by atoms with E-state index in [4.69, 9.17) is 70.6 Å². The van der Waals surface area contributed by atoms with Gasteiger partial charge in [0, 0.05) is 46.7 Å². The van der Waals surface area contributed by atoms with Crippen LogP contribution in [0.2, 0.25) is 0 Å². The highest BCUT2D eigenvalue weighted by atomic mass is 35.5. The van der Waals surface area contributed by atoms with Crippen LogP contribution in [0.5, 0.6) is 0 Å². The summed E-state index contributed by atoms with van der Waals surface area (Å²) >= 11 is 11.5. The number of isocyanates is 1. The van der Waals surface area contributed by atoms with Gasteiger partial charge in [-0.25, -0.2) is 24.2 Å². The number of nitrogens with zero attached hydrogens (tertiary/aromatic N) is 1. The largest absolute Gasteiger partial charge is 0.508 e. The predicted octanol–water partition coefficient (Wildman–Crippen LogP) is 4.88. The van der Waals surface area contributed by atoms with E-state index < -0.39 is 54.4 Å². The summed E-state index contributed by atoms with van der Waals surface area (Å²) in [5.74, 6) is -0.616. The Balaban J connectivity index is 0.00000110. The number of carbonyl (C=O) groups excluding carboxylic acids is 6. The van der Waals surface area contributed by atoms with Gasteiger partial charge in [-0.05, 0) is 36.1 Å². The van der Waals surface area contributed by atoms with Gasteiger partial charge in [-0.1, -0.05) is 48.5 Å². The van der Waals surface area contributed by atoms with Crippen molar-refractivity contribution in [2.75, 3.05) is 108 Å². The molecule has 22 heteroatoms. The summed E-state index contributed by atoms with van der Waals surface area (Å²) in [7, 11) is 5.98. The lowest BCUT2D eigenvalue weighted by molar-refractivity contribution is -0.163. The van der Waals surface area contributed by atoms with E-state index >= 15 is 0 Å². The fourth-order valence-corrected chi connectivity index (χ4v) is 4.43. The molecule has 1 amide bonds. The van der Waals surface area contributed by atoms with Crippen LogP contribution in [0, 0.1) is 10.8 Å². The van der Waals surface area contributed by atoms with Gasteiger partial charge in [0.2, 0.25) is 6.08 Å². The molecule has 0 heterocycles. The SMILES string of the molecule is COCCN=C=O.COCCNC(=O)OCC(C)(COC(=O)OCCOC)C(=O)OCc1ccc(CCl)cc1.COCCOC(=O)OCC(C)(CO)C(=O)OCc1ccc(CCl)cc1. The van der Waals surface area contributed by atoms with Crippen molar-refractivity contribution >= 4 is 59.6 Å². The van der Waals surface area contributed by atoms with Crippen molar-refractivity contribution in [3.8, 4) is 0 Å². The van der Waals surface area contributed by atoms with Crippen molar-refractivity contribution in [1.29, 1.82) is 0 Å². The number of esters is 2. The third-order valence-electron chi connectivity index (χ3n) is 8.03. The van der Waals surface area contributed by atoms with Gasteiger partial charge in [0.25, 0.3) is 0 Å². The first-order valence-corrected chi connectivity index (χ1v) is 20.5. The Morgan fingerprint density at radius 3 is 1.39 bits per heavy atom. The van der Waals surface area contributed by atoms with Gasteiger partial charge in [-0.15, -0.1) is 23.2 Å². The van der Waals surface area contributed by atoms with E-state index in [1.807, 2.05) is 24.3 Å². The minimum Gasteiger partial charge on any atom is -0.460 e. The highest BCUT2D eigenvalue weighted by molar-refractivity contribution is 6.17. The van der Waals surface area contributed by atoms with E-state index in [0.717, 1.165) is 22.3 Å². The molecule has 2 atom stereocenters. The van der Waals surface area contributed by atoms with E-state index in [1.54, 1.807) is 31.4 Å². The van der Waals surface area contributed by atoms with Crippen molar-refractivity contribution in [3.63, 3.8) is 0 Å². The fraction of sp³-hybridized carbons (Fsp3) is 0.571. The summed E-state index contributed by atoms with van der Waals surface area (Å²) in [6.07, 6.45) is -1.28. The van der Waals surface area contributed by atoms with Crippen LogP contribution in [-0.4, -0.2) is 149 Å². The number of aliphatic hydroxyl groups is 1. The second-order valence-electron chi connectivity index (χ2n) is 13.6. The molecule has 64 heavy (non-hydrogen) atoms. The zero-order valence-electron chi connectivity index (χ0n) is 37.0. The van der Waals surface area contributed by atoms with Gasteiger partial charge in [0.15, 0.2) is 0 Å². The topological polar surface area (TPSA) is 249 Å². The lowest BCUT2D eigenvalue weighted by Gasteiger charge is -2.26. The van der Waals surface area contributed by atoms with Crippen molar-refractivity contribution in [2.24, 2.45) is 15.8 Å². The van der Waals surface area contributed by atoms with E-state index in [-0.39, 0.29) is 59.4 Å². The average molecular weight is 952 g/mol. The smallest absolute Gasteiger partial charge is 0.460 e. The summed E-state index contributed by atoms with van der Waals surface area (Å²) in [6.45, 7) is 3.10. The van der Waals surface area contributed by atoms with Crippen LogP contribution in [0.4, 0.5) is 14.4 Å². The van der Waals surface area contributed by atoms with Gasteiger partial charge in [-0.3, -0.25) is 9.59 Å². The van der Waals surface area contributed by atoms with Crippen LogP contribution in [0.15, 0.2) is 53.5 Å². The molecule has 0 bridgehead atoms. The van der Waals surface area contributed by atoms with Crippen LogP contribution in [-0.2, 0) is 91.5 Å². The van der Waals surface area contributed by atoms with Crippen LogP contribution < -0.4 is 5.32 Å². The summed E-state index contributed by atoms with van der Waals surface area (Å²) in [5.41, 5.74) is 0.568. The number of halogens is 2. The number of rotatable bonds is 27. The van der Waals surface area contributed by atoms with E-state index in [2.05, 4.69) is 15.0 Å². The number of amides is 1. The predicted molar refractivity (Wildman–Crippen MR) is 229 cm³/mol. The number of aliphatic hydroxyl groups excluding tert-OH is 1. The quantitative estimate of drug-likeness (QED) is 0.0302. The van der Waals surface area contributed by atoms with Crippen LogP contribution in [0.3, 0.4) is 0 Å². The number of alkyl carbamates (subject to hydrolysis) is 1. The Hall–Kier alpha value is -5.05. The molecule has 2 aromatic carbocycles. The molecule has 0 fully saturated rings. The number of benzene rings is 2. The summed E-state index contributed by atoms with van der Waals surface area (Å²) in [6, 6.07) is 14.5. The Labute approximate surface area is 383 Å². The maximum Gasteiger partial charge on any atom is 0.508 e. The molecule has 360 valence electrons. The fourth-order valence-electron chi connectivity index (χ4n) is 4.07. The molecule has 2 unspecified atom stereocenters. The van der Waals surface area contributed by atoms with Gasteiger partial charge < -0.3 is 62.5 Å². The monoisotopic (exact) mass is 950 g/mol. The molecule has 0 saturated heterocycles. The lowest BCUT2D eigenvalue weighted by atomic mass is 9.93. The zero-order chi connectivity index (χ0) is 48.1. The molecule has 20 nitrogen and oxygen atoms in total. The second-order valence-corrected chi connectivity index (χ2v) is 14.1. The molecule has 0 radical (unpaired) electrons. The average Bonchev–Trinajstić information content (AvgIpc) is 3.31. The molecule has 0 saturated carbocycles. The number of aliphatic imine (C=N–C) groups is 1. The summed E-state index contributed by atoms with van der Waals surface area (Å²) < 4.78 is 54.0. The van der Waals surface area contributed by atoms with E-state index in [1.165, 1.54) is 41.3 Å². The molecule has 0 aliphatic carbocycles. The molecule has 0 aliphatic rings. The lowest BCUT2D eigenvalue weighted by Crippen LogP contribution is -2.42. The van der Waals surface area contributed by atoms with Gasteiger partial charge >= 0.3 is 30.3 Å². The first-order valence-electron chi connectivity index (χ1n) is 19.4. The number of hydrogen-bond donors (Lipinski definition) is 2. The number of methoxy groups -OCH3 is 4. The van der Waals surface area contributed by atoms with Crippen molar-refractivity contribution in [3.05, 3.63) is 70.8 Å². The molecular weight excluding hydrogens is 891 g/mol. The third-order valence-corrected chi connectivity index (χ3v) is 8.65. The summed E-state index contributed by atoms with van der Waals surface area (Å²) in [5, 5.41) is 11.9. The number of alkyl halides is 2. The molecule has 0 aliphatic heterocycles. The number of nitrogens with one attached hydrogen (secondary N) is 1. The number of hydrogen-bond acceptors (Lipinski definition) is 19. The van der Waals surface area contributed by atoms with Crippen molar-refractivity contribution < 1.29 is 86.0 Å². The number of carbonyl (C=O) groups is 5. The molecule has 2 N–H and O–H groups in total. The first kappa shape index (κ1) is 58.9. The van der Waals surface area contributed by atoms with Crippen LogP contribution in [0.25, 0.3) is 0 Å². The summed E-state index contributed by atoms with van der Waals surface area (Å²) in [4.78, 5) is 72.5. The standard InChI is InChI=1S/C21H30ClNO9.C17H23ClO7.C4H7NO2/c1-21(14-31-19(25)23-8-9-27-2,15-32-20(26)29-11-10-28-3)18(24)30-13-17-6-4-16(12-22)5-7-17;1-17(11-19,12-25-16(21)23-8-7-22-2)15(20)24-10-14-5-3-13(9-18)4-6-14;1-7-3-2-5-4-6/h4-7H,8-15H2,1-3H3,(H,23,25);3-6,19H,7-12H2,1-2H3;2-3H2,1H3. The normalized spacial score (nSPS) is 12.1. The van der Waals surface area contributed by atoms with Crippen molar-refractivity contribution in [2.45, 2.75) is 38.8 Å². The highest BCUT2D eigenvalue weighted by Gasteiger charge is 2.39. The van der Waals surface area contributed by atoms with Crippen LogP contribution in [0.1, 0.15) is 36.1 Å². The molecular formula is C42H60Cl2N2O18. The maximum atomic E-state index is 12.8. The van der Waals surface area contributed by atoms with Gasteiger partial charge in [0.05, 0.1) is 39.6 Å². The van der Waals surface area contributed by atoms with Crippen LogP contribution >= 0.6 is 23.2 Å². The zero-order valence-corrected chi connectivity index (χ0v) is 38.5. The Morgan fingerprint density at radius 1 is 0.578 bits per heavy atom. The Kier molecular flexibility index (Phi) is 33.4. The molecule has 0 spiro atoms. The van der Waals surface area contributed by atoms with Crippen molar-refractivity contribution in [1.82, 2.24) is 5.32 Å². The van der Waals surface area contributed by atoms with Gasteiger partial charge in [-0.2, -0.15) is 0 Å². The highest BCUT2D eigenvalue weighted by Crippen LogP contribution is 2.23. The first-order chi connectivity index (χ1) is 30.7. The Morgan fingerprint density at radius 2 is 0.984 bits per heavy atom. The maximum absolute atomic E-state index is 12.8. The molecule has 2 aromatic rings. The Bertz CT molecular complexity index is 1640. The number of ether oxygens (including phenoxy) is 11.